The SMILES string of the molecule is COCC1(C(=O)N2CCC(C(=O)O)C2)CCNCC1. The summed E-state index contributed by atoms with van der Waals surface area (Å²) in [5.41, 5.74) is -0.465. The molecule has 6 nitrogen and oxygen atoms in total. The quantitative estimate of drug-likeness (QED) is 0.748. The lowest BCUT2D eigenvalue weighted by Crippen LogP contribution is -2.51. The maximum absolute atomic E-state index is 12.7. The number of amides is 1. The minimum Gasteiger partial charge on any atom is -0.481 e. The van der Waals surface area contributed by atoms with Crippen molar-refractivity contribution >= 4 is 11.9 Å². The fourth-order valence-corrected chi connectivity index (χ4v) is 3.08. The normalized spacial score (nSPS) is 26.4. The molecule has 2 aliphatic rings. The number of nitrogens with zero attached hydrogens (tertiary/aromatic N) is 1. The molecule has 6 heteroatoms. The monoisotopic (exact) mass is 270 g/mol. The van der Waals surface area contributed by atoms with E-state index < -0.39 is 17.3 Å². The first-order valence-corrected chi connectivity index (χ1v) is 6.81. The Morgan fingerprint density at radius 1 is 1.42 bits per heavy atom. The van der Waals surface area contributed by atoms with Crippen LogP contribution in [0.2, 0.25) is 0 Å². The Kier molecular flexibility index (Phi) is 4.42. The number of likely N-dealkylation sites (tertiary alicyclic amines) is 1. The summed E-state index contributed by atoms with van der Waals surface area (Å²) in [6, 6.07) is 0. The van der Waals surface area contributed by atoms with Crippen LogP contribution in [0.25, 0.3) is 0 Å². The van der Waals surface area contributed by atoms with Gasteiger partial charge in [0.15, 0.2) is 0 Å². The number of carboxylic acids is 1. The van der Waals surface area contributed by atoms with Gasteiger partial charge in [-0.3, -0.25) is 9.59 Å². The highest BCUT2D eigenvalue weighted by molar-refractivity contribution is 5.84. The zero-order chi connectivity index (χ0) is 13.9. The lowest BCUT2D eigenvalue weighted by Gasteiger charge is -2.38. The molecule has 0 aliphatic carbocycles. The van der Waals surface area contributed by atoms with Gasteiger partial charge >= 0.3 is 5.97 Å². The van der Waals surface area contributed by atoms with E-state index in [0.717, 1.165) is 25.9 Å². The van der Waals surface area contributed by atoms with E-state index in [1.54, 1.807) is 12.0 Å². The molecular weight excluding hydrogens is 248 g/mol. The van der Waals surface area contributed by atoms with Gasteiger partial charge in [0.1, 0.15) is 0 Å². The first-order chi connectivity index (χ1) is 9.09. The van der Waals surface area contributed by atoms with Gasteiger partial charge in [-0.1, -0.05) is 0 Å². The van der Waals surface area contributed by atoms with Gasteiger partial charge in [-0.15, -0.1) is 0 Å². The molecule has 0 aromatic carbocycles. The van der Waals surface area contributed by atoms with E-state index in [-0.39, 0.29) is 5.91 Å². The van der Waals surface area contributed by atoms with Gasteiger partial charge < -0.3 is 20.1 Å². The summed E-state index contributed by atoms with van der Waals surface area (Å²) in [4.78, 5) is 25.4. The highest BCUT2D eigenvalue weighted by atomic mass is 16.5. The van der Waals surface area contributed by atoms with Crippen molar-refractivity contribution in [1.29, 1.82) is 0 Å². The Morgan fingerprint density at radius 2 is 2.11 bits per heavy atom. The maximum atomic E-state index is 12.7. The number of carbonyl (C=O) groups is 2. The average Bonchev–Trinajstić information content (AvgIpc) is 2.89. The molecule has 1 unspecified atom stereocenters. The van der Waals surface area contributed by atoms with Gasteiger partial charge in [0, 0.05) is 20.2 Å². The van der Waals surface area contributed by atoms with Gasteiger partial charge in [-0.05, 0) is 32.4 Å². The smallest absolute Gasteiger partial charge is 0.308 e. The molecule has 0 aromatic heterocycles. The first-order valence-electron chi connectivity index (χ1n) is 6.81. The predicted octanol–water partition coefficient (Wildman–Crippen LogP) is -0.0643. The van der Waals surface area contributed by atoms with Crippen molar-refractivity contribution in [1.82, 2.24) is 10.2 Å². The molecule has 2 fully saturated rings. The molecule has 0 radical (unpaired) electrons. The van der Waals surface area contributed by atoms with E-state index in [0.29, 0.717) is 26.1 Å². The summed E-state index contributed by atoms with van der Waals surface area (Å²) >= 11 is 0. The van der Waals surface area contributed by atoms with E-state index in [2.05, 4.69) is 5.32 Å². The van der Waals surface area contributed by atoms with E-state index in [9.17, 15) is 9.59 Å². The Hall–Kier alpha value is -1.14. The standard InChI is InChI=1S/C13H22N2O4/c1-19-9-13(3-5-14-6-4-13)12(18)15-7-2-10(8-15)11(16)17/h10,14H,2-9H2,1H3,(H,16,17). The van der Waals surface area contributed by atoms with Crippen molar-refractivity contribution < 1.29 is 19.4 Å². The summed E-state index contributed by atoms with van der Waals surface area (Å²) < 4.78 is 5.25. The highest BCUT2D eigenvalue weighted by Gasteiger charge is 2.44. The van der Waals surface area contributed by atoms with Gasteiger partial charge in [-0.25, -0.2) is 0 Å². The number of carboxylic acid groups (broad SMARTS) is 1. The van der Waals surface area contributed by atoms with Crippen LogP contribution in [0.3, 0.4) is 0 Å². The van der Waals surface area contributed by atoms with Crippen LogP contribution in [-0.4, -0.2) is 61.8 Å². The van der Waals surface area contributed by atoms with Gasteiger partial charge in [0.05, 0.1) is 17.9 Å². The zero-order valence-electron chi connectivity index (χ0n) is 11.4. The molecule has 0 aromatic rings. The summed E-state index contributed by atoms with van der Waals surface area (Å²) in [5.74, 6) is -1.15. The fraction of sp³-hybridized carbons (Fsp3) is 0.846. The highest BCUT2D eigenvalue weighted by Crippen LogP contribution is 2.33. The minimum absolute atomic E-state index is 0.0691. The molecule has 19 heavy (non-hydrogen) atoms. The van der Waals surface area contributed by atoms with E-state index in [4.69, 9.17) is 9.84 Å². The molecule has 0 spiro atoms. The fourth-order valence-electron chi connectivity index (χ4n) is 3.08. The lowest BCUT2D eigenvalue weighted by atomic mass is 9.78. The van der Waals surface area contributed by atoms with Crippen LogP contribution in [-0.2, 0) is 14.3 Å². The van der Waals surface area contributed by atoms with E-state index in [1.807, 2.05) is 0 Å². The van der Waals surface area contributed by atoms with Crippen LogP contribution in [0.1, 0.15) is 19.3 Å². The molecular formula is C13H22N2O4. The second kappa shape index (κ2) is 5.88. The number of nitrogens with one attached hydrogen (secondary N) is 1. The van der Waals surface area contributed by atoms with E-state index in [1.165, 1.54) is 0 Å². The van der Waals surface area contributed by atoms with Crippen LogP contribution in [0, 0.1) is 11.3 Å². The van der Waals surface area contributed by atoms with Crippen molar-refractivity contribution in [3.05, 3.63) is 0 Å². The number of piperidine rings is 1. The molecule has 1 amide bonds. The lowest BCUT2D eigenvalue weighted by molar-refractivity contribution is -0.147. The Bertz CT molecular complexity index is 347. The van der Waals surface area contributed by atoms with Crippen molar-refractivity contribution in [2.75, 3.05) is 39.9 Å². The average molecular weight is 270 g/mol. The Morgan fingerprint density at radius 3 is 2.63 bits per heavy atom. The van der Waals surface area contributed by atoms with Gasteiger partial charge in [-0.2, -0.15) is 0 Å². The van der Waals surface area contributed by atoms with Gasteiger partial charge in [0.25, 0.3) is 0 Å². The third-order valence-corrected chi connectivity index (χ3v) is 4.26. The third-order valence-electron chi connectivity index (χ3n) is 4.26. The van der Waals surface area contributed by atoms with Gasteiger partial charge in [0.2, 0.25) is 5.91 Å². The summed E-state index contributed by atoms with van der Waals surface area (Å²) in [6.45, 7) is 2.93. The summed E-state index contributed by atoms with van der Waals surface area (Å²) in [7, 11) is 1.61. The molecule has 2 rings (SSSR count). The molecule has 1 atom stereocenters. The largest absolute Gasteiger partial charge is 0.481 e. The maximum Gasteiger partial charge on any atom is 0.308 e. The van der Waals surface area contributed by atoms with Crippen molar-refractivity contribution in [3.8, 4) is 0 Å². The van der Waals surface area contributed by atoms with E-state index >= 15 is 0 Å². The van der Waals surface area contributed by atoms with Crippen LogP contribution < -0.4 is 5.32 Å². The third kappa shape index (κ3) is 2.90. The Labute approximate surface area is 113 Å². The summed E-state index contributed by atoms with van der Waals surface area (Å²) in [6.07, 6.45) is 2.07. The second-order valence-electron chi connectivity index (χ2n) is 5.54. The van der Waals surface area contributed by atoms with Crippen LogP contribution in [0.4, 0.5) is 0 Å². The molecule has 0 saturated carbocycles. The van der Waals surface area contributed by atoms with Crippen LogP contribution in [0.5, 0.6) is 0 Å². The van der Waals surface area contributed by atoms with Crippen molar-refractivity contribution in [2.24, 2.45) is 11.3 Å². The number of hydrogen-bond donors (Lipinski definition) is 2. The van der Waals surface area contributed by atoms with Crippen LogP contribution in [0.15, 0.2) is 0 Å². The predicted molar refractivity (Wildman–Crippen MR) is 68.7 cm³/mol. The number of rotatable bonds is 4. The van der Waals surface area contributed by atoms with Crippen molar-refractivity contribution in [3.63, 3.8) is 0 Å². The minimum atomic E-state index is -0.804. The molecule has 2 N–H and O–H groups in total. The second-order valence-corrected chi connectivity index (χ2v) is 5.54. The number of carbonyl (C=O) groups excluding carboxylic acids is 1. The topological polar surface area (TPSA) is 78.9 Å². The number of ether oxygens (including phenoxy) is 1. The molecule has 108 valence electrons. The summed E-state index contributed by atoms with van der Waals surface area (Å²) in [5, 5.41) is 12.3. The zero-order valence-corrected chi connectivity index (χ0v) is 11.4. The molecule has 2 aliphatic heterocycles. The first kappa shape index (κ1) is 14.3. The van der Waals surface area contributed by atoms with Crippen LogP contribution >= 0.6 is 0 Å². The Balaban J connectivity index is 2.05. The number of methoxy groups -OCH3 is 1. The molecule has 2 saturated heterocycles. The molecule has 2 heterocycles. The number of hydrogen-bond acceptors (Lipinski definition) is 4. The molecule has 0 bridgehead atoms. The number of aliphatic carboxylic acids is 1. The van der Waals surface area contributed by atoms with Crippen molar-refractivity contribution in [2.45, 2.75) is 19.3 Å².